The van der Waals surface area contributed by atoms with E-state index in [1.54, 1.807) is 0 Å². The van der Waals surface area contributed by atoms with E-state index < -0.39 is 9.84 Å². The van der Waals surface area contributed by atoms with Gasteiger partial charge in [-0.05, 0) is 24.7 Å². The average molecular weight is 341 g/mol. The fraction of sp³-hybridized carbons (Fsp3) is 0.455. The Labute approximate surface area is 116 Å². The molecule has 0 aliphatic carbocycles. The fourth-order valence-electron chi connectivity index (χ4n) is 1.34. The van der Waals surface area contributed by atoms with Gasteiger partial charge in [-0.2, -0.15) is 0 Å². The summed E-state index contributed by atoms with van der Waals surface area (Å²) in [4.78, 5) is 1.94. The summed E-state index contributed by atoms with van der Waals surface area (Å²) in [6.07, 6.45) is 1.24. The van der Waals surface area contributed by atoms with Gasteiger partial charge in [0.2, 0.25) is 0 Å². The summed E-state index contributed by atoms with van der Waals surface area (Å²) in [5, 5.41) is 0.686. The molecule has 96 valence electrons. The maximum Gasteiger partial charge on any atom is 0.148 e. The lowest BCUT2D eigenvalue weighted by molar-refractivity contribution is 0.346. The van der Waals surface area contributed by atoms with Crippen LogP contribution in [0.25, 0.3) is 0 Å². The summed E-state index contributed by atoms with van der Waals surface area (Å²) in [6.45, 7) is 1.15. The third kappa shape index (κ3) is 5.86. The molecule has 0 radical (unpaired) electrons. The molecule has 1 rings (SSSR count). The van der Waals surface area contributed by atoms with Gasteiger partial charge >= 0.3 is 0 Å². The number of hydrogen-bond acceptors (Lipinski definition) is 3. The Bertz CT molecular complexity index is 490. The van der Waals surface area contributed by atoms with Gasteiger partial charge in [0.1, 0.15) is 9.84 Å². The Morgan fingerprint density at radius 2 is 2.06 bits per heavy atom. The average Bonchev–Trinajstić information content (AvgIpc) is 2.18. The molecule has 0 heterocycles. The molecule has 0 bridgehead atoms. The van der Waals surface area contributed by atoms with Gasteiger partial charge in [0.15, 0.2) is 0 Å². The van der Waals surface area contributed by atoms with Crippen molar-refractivity contribution in [1.29, 1.82) is 0 Å². The van der Waals surface area contributed by atoms with Gasteiger partial charge in [0.25, 0.3) is 0 Å². The maximum absolute atomic E-state index is 11.0. The highest BCUT2D eigenvalue weighted by atomic mass is 79.9. The largest absolute Gasteiger partial charge is 0.301 e. The molecule has 17 heavy (non-hydrogen) atoms. The van der Waals surface area contributed by atoms with E-state index >= 15 is 0 Å². The Morgan fingerprint density at radius 3 is 2.59 bits per heavy atom. The van der Waals surface area contributed by atoms with E-state index in [4.69, 9.17) is 11.6 Å². The second-order valence-electron chi connectivity index (χ2n) is 4.10. The predicted octanol–water partition coefficient (Wildman–Crippen LogP) is 2.58. The van der Waals surface area contributed by atoms with E-state index in [2.05, 4.69) is 15.9 Å². The van der Waals surface area contributed by atoms with Crippen LogP contribution < -0.4 is 0 Å². The number of sulfone groups is 1. The number of halogens is 2. The minimum Gasteiger partial charge on any atom is -0.301 e. The molecule has 0 atom stereocenters. The standard InChI is InChI=1S/C11H15BrClNO2S/c1-14(5-6-17(2,15)16)8-9-3-4-10(12)7-11(9)13/h3-4,7H,5-6,8H2,1-2H3. The van der Waals surface area contributed by atoms with E-state index in [1.807, 2.05) is 30.1 Å². The summed E-state index contributed by atoms with van der Waals surface area (Å²) < 4.78 is 23.0. The second kappa shape index (κ2) is 6.18. The quantitative estimate of drug-likeness (QED) is 0.827. The third-order valence-electron chi connectivity index (χ3n) is 2.30. The smallest absolute Gasteiger partial charge is 0.148 e. The molecule has 0 aliphatic rings. The Morgan fingerprint density at radius 1 is 1.41 bits per heavy atom. The van der Waals surface area contributed by atoms with Crippen LogP contribution in [0.5, 0.6) is 0 Å². The van der Waals surface area contributed by atoms with Crippen LogP contribution in [0.2, 0.25) is 5.02 Å². The number of nitrogens with zero attached hydrogens (tertiary/aromatic N) is 1. The monoisotopic (exact) mass is 339 g/mol. The summed E-state index contributed by atoms with van der Waals surface area (Å²) >= 11 is 9.43. The summed E-state index contributed by atoms with van der Waals surface area (Å²) in [5.41, 5.74) is 0.992. The first kappa shape index (κ1) is 15.0. The molecular formula is C11H15BrClNO2S. The minimum atomic E-state index is -2.91. The normalized spacial score (nSPS) is 12.1. The van der Waals surface area contributed by atoms with E-state index in [1.165, 1.54) is 6.26 Å². The molecule has 0 amide bonds. The van der Waals surface area contributed by atoms with Crippen LogP contribution in [-0.4, -0.2) is 38.9 Å². The van der Waals surface area contributed by atoms with Crippen LogP contribution in [-0.2, 0) is 16.4 Å². The molecular weight excluding hydrogens is 326 g/mol. The molecule has 3 nitrogen and oxygen atoms in total. The van der Waals surface area contributed by atoms with Crippen LogP contribution in [0.4, 0.5) is 0 Å². The first-order valence-electron chi connectivity index (χ1n) is 5.08. The molecule has 0 aliphatic heterocycles. The Kier molecular flexibility index (Phi) is 5.44. The van der Waals surface area contributed by atoms with Crippen molar-refractivity contribution in [2.24, 2.45) is 0 Å². The van der Waals surface area contributed by atoms with Crippen molar-refractivity contribution in [2.75, 3.05) is 25.6 Å². The Hall–Kier alpha value is -0.100. The van der Waals surface area contributed by atoms with Crippen LogP contribution in [0.1, 0.15) is 5.56 Å². The highest BCUT2D eigenvalue weighted by Gasteiger charge is 2.08. The zero-order valence-corrected chi connectivity index (χ0v) is 12.9. The van der Waals surface area contributed by atoms with Gasteiger partial charge in [-0.3, -0.25) is 0 Å². The maximum atomic E-state index is 11.0. The van der Waals surface area contributed by atoms with Crippen molar-refractivity contribution in [2.45, 2.75) is 6.54 Å². The predicted molar refractivity (Wildman–Crippen MR) is 75.2 cm³/mol. The lowest BCUT2D eigenvalue weighted by Gasteiger charge is -2.16. The van der Waals surface area contributed by atoms with Crippen LogP contribution in [0.3, 0.4) is 0 Å². The van der Waals surface area contributed by atoms with Crippen LogP contribution in [0.15, 0.2) is 22.7 Å². The second-order valence-corrected chi connectivity index (χ2v) is 7.69. The highest BCUT2D eigenvalue weighted by molar-refractivity contribution is 9.10. The molecule has 0 spiro atoms. The third-order valence-corrected chi connectivity index (χ3v) is 4.07. The first-order chi connectivity index (χ1) is 7.78. The lowest BCUT2D eigenvalue weighted by atomic mass is 10.2. The highest BCUT2D eigenvalue weighted by Crippen LogP contribution is 2.22. The number of rotatable bonds is 5. The molecule has 6 heteroatoms. The molecule has 1 aromatic carbocycles. The van der Waals surface area contributed by atoms with Gasteiger partial charge < -0.3 is 4.90 Å². The van der Waals surface area contributed by atoms with Crippen LogP contribution >= 0.6 is 27.5 Å². The van der Waals surface area contributed by atoms with Gasteiger partial charge in [-0.1, -0.05) is 33.6 Å². The number of hydrogen-bond donors (Lipinski definition) is 0. The topological polar surface area (TPSA) is 37.4 Å². The van der Waals surface area contributed by atoms with E-state index in [-0.39, 0.29) is 5.75 Å². The van der Waals surface area contributed by atoms with Crippen molar-refractivity contribution in [3.8, 4) is 0 Å². The van der Waals surface area contributed by atoms with Crippen molar-refractivity contribution in [3.05, 3.63) is 33.3 Å². The van der Waals surface area contributed by atoms with Crippen molar-refractivity contribution >= 4 is 37.4 Å². The van der Waals surface area contributed by atoms with Crippen LogP contribution in [0, 0.1) is 0 Å². The molecule has 0 fully saturated rings. The Balaban J connectivity index is 2.59. The summed E-state index contributed by atoms with van der Waals surface area (Å²) in [7, 11) is -1.03. The SMILES string of the molecule is CN(CCS(C)(=O)=O)Cc1ccc(Br)cc1Cl. The first-order valence-corrected chi connectivity index (χ1v) is 8.31. The molecule has 0 N–H and O–H groups in total. The van der Waals surface area contributed by atoms with Gasteiger partial charge in [0, 0.05) is 28.8 Å². The summed E-state index contributed by atoms with van der Waals surface area (Å²) in [5.74, 6) is 0.164. The zero-order valence-electron chi connectivity index (χ0n) is 9.78. The van der Waals surface area contributed by atoms with Gasteiger partial charge in [-0.15, -0.1) is 0 Å². The van der Waals surface area contributed by atoms with Crippen molar-refractivity contribution < 1.29 is 8.42 Å². The van der Waals surface area contributed by atoms with Gasteiger partial charge in [0.05, 0.1) is 5.75 Å². The number of benzene rings is 1. The van der Waals surface area contributed by atoms with E-state index in [9.17, 15) is 8.42 Å². The van der Waals surface area contributed by atoms with E-state index in [0.29, 0.717) is 18.1 Å². The molecule has 0 saturated carbocycles. The van der Waals surface area contributed by atoms with Gasteiger partial charge in [-0.25, -0.2) is 8.42 Å². The summed E-state index contributed by atoms with van der Waals surface area (Å²) in [6, 6.07) is 5.69. The lowest BCUT2D eigenvalue weighted by Crippen LogP contribution is -2.25. The minimum absolute atomic E-state index is 0.164. The molecule has 0 unspecified atom stereocenters. The molecule has 1 aromatic rings. The molecule has 0 aromatic heterocycles. The van der Waals surface area contributed by atoms with E-state index in [0.717, 1.165) is 10.0 Å². The van der Waals surface area contributed by atoms with Crippen molar-refractivity contribution in [1.82, 2.24) is 4.90 Å². The fourth-order valence-corrected chi connectivity index (χ4v) is 2.72. The molecule has 0 saturated heterocycles. The zero-order chi connectivity index (χ0) is 13.1. The van der Waals surface area contributed by atoms with Crippen molar-refractivity contribution in [3.63, 3.8) is 0 Å².